The van der Waals surface area contributed by atoms with Crippen LogP contribution in [0.5, 0.6) is 11.5 Å². The summed E-state index contributed by atoms with van der Waals surface area (Å²) in [6, 6.07) is 15.7. The maximum absolute atomic E-state index is 11.1. The Balaban J connectivity index is 1.60. The molecule has 1 aliphatic rings. The molecule has 0 radical (unpaired) electrons. The van der Waals surface area contributed by atoms with Gasteiger partial charge in [-0.05, 0) is 37.1 Å². The quantitative estimate of drug-likeness (QED) is 0.333. The topological polar surface area (TPSA) is 59.0 Å². The van der Waals surface area contributed by atoms with E-state index in [1.165, 1.54) is 0 Å². The van der Waals surface area contributed by atoms with Gasteiger partial charge in [-0.1, -0.05) is 49.2 Å². The number of benzene rings is 2. The summed E-state index contributed by atoms with van der Waals surface area (Å²) in [4.78, 5) is 13.1. The van der Waals surface area contributed by atoms with Crippen molar-refractivity contribution in [2.24, 2.45) is 0 Å². The molecule has 2 aromatic rings. The highest BCUT2D eigenvalue weighted by Gasteiger charge is 2.15. The first-order valence-electron chi connectivity index (χ1n) is 10.6. The molecule has 0 aromatic heterocycles. The average Bonchev–Trinajstić information content (AvgIpc) is 2.81. The second kappa shape index (κ2) is 12.1. The summed E-state index contributed by atoms with van der Waals surface area (Å²) in [6.07, 6.45) is 9.34. The molecule has 0 fully saturated rings. The number of carboxylic acids is 1. The lowest BCUT2D eigenvalue weighted by molar-refractivity contribution is -0.132. The van der Waals surface area contributed by atoms with Crippen molar-refractivity contribution in [3.63, 3.8) is 0 Å². The van der Waals surface area contributed by atoms with E-state index in [0.29, 0.717) is 31.2 Å². The van der Waals surface area contributed by atoms with Crippen LogP contribution in [0.2, 0.25) is 0 Å². The lowest BCUT2D eigenvalue weighted by Gasteiger charge is -2.24. The van der Waals surface area contributed by atoms with E-state index in [-0.39, 0.29) is 0 Å². The Morgan fingerprint density at radius 2 is 1.71 bits per heavy atom. The second-order valence-corrected chi connectivity index (χ2v) is 7.63. The first-order valence-corrected chi connectivity index (χ1v) is 11.1. The molecule has 164 valence electrons. The molecule has 1 aliphatic heterocycles. The van der Waals surface area contributed by atoms with E-state index in [2.05, 4.69) is 0 Å². The molecule has 0 unspecified atom stereocenters. The third kappa shape index (κ3) is 6.79. The molecule has 0 atom stereocenters. The summed E-state index contributed by atoms with van der Waals surface area (Å²) in [7, 11) is 0. The van der Waals surface area contributed by atoms with E-state index in [9.17, 15) is 4.79 Å². The zero-order valence-corrected chi connectivity index (χ0v) is 18.3. The summed E-state index contributed by atoms with van der Waals surface area (Å²) in [6.45, 7) is 1.53. The summed E-state index contributed by atoms with van der Waals surface area (Å²) in [5, 5.41) is 9.12. The van der Waals surface area contributed by atoms with Crippen molar-refractivity contribution < 1.29 is 19.4 Å². The van der Waals surface area contributed by atoms with Crippen molar-refractivity contribution in [3.8, 4) is 11.5 Å². The summed E-state index contributed by atoms with van der Waals surface area (Å²) in [5.41, 5.74) is 2.17. The van der Waals surface area contributed by atoms with Crippen LogP contribution in [-0.4, -0.2) is 30.1 Å². The fourth-order valence-electron chi connectivity index (χ4n) is 3.30. The van der Waals surface area contributed by atoms with E-state index in [1.807, 2.05) is 53.4 Å². The number of hydrogen-bond donors (Lipinski definition) is 1. The highest BCUT2D eigenvalue weighted by atomic mass is 35.5. The minimum atomic E-state index is -0.920. The normalized spacial score (nSPS) is 13.1. The molecule has 0 aliphatic carbocycles. The van der Waals surface area contributed by atoms with Gasteiger partial charge in [0.25, 0.3) is 0 Å². The molecule has 0 spiro atoms. The molecule has 5 nitrogen and oxygen atoms in total. The van der Waals surface area contributed by atoms with Crippen LogP contribution in [0.25, 0.3) is 0 Å². The summed E-state index contributed by atoms with van der Waals surface area (Å²) >= 11 is 5.72. The standard InChI is InChI=1S/C25H28ClNO4/c26-15-7-1-2-8-18-30-23-11-5-3-9-21(23)19-31-24-12-6-4-10-22(24)27-16-13-20(14-17-27)25(28)29/h3-6,9-14,16H,1-2,7-8,15,17-19H2,(H,28,29). The van der Waals surface area contributed by atoms with Gasteiger partial charge in [0.15, 0.2) is 0 Å². The molecule has 0 saturated heterocycles. The number of alkyl halides is 1. The lowest BCUT2D eigenvalue weighted by Crippen LogP contribution is -2.21. The molecule has 0 bridgehead atoms. The fourth-order valence-corrected chi connectivity index (χ4v) is 3.49. The smallest absolute Gasteiger partial charge is 0.335 e. The van der Waals surface area contributed by atoms with Crippen LogP contribution in [0.1, 0.15) is 31.2 Å². The maximum atomic E-state index is 11.1. The van der Waals surface area contributed by atoms with Crippen LogP contribution < -0.4 is 14.4 Å². The van der Waals surface area contributed by atoms with E-state index in [4.69, 9.17) is 26.2 Å². The van der Waals surface area contributed by atoms with Gasteiger partial charge in [-0.25, -0.2) is 4.79 Å². The van der Waals surface area contributed by atoms with Gasteiger partial charge < -0.3 is 19.5 Å². The molecule has 1 heterocycles. The number of para-hydroxylation sites is 3. The number of hydrogen-bond acceptors (Lipinski definition) is 4. The predicted octanol–water partition coefficient (Wildman–Crippen LogP) is 5.79. The number of halogens is 1. The van der Waals surface area contributed by atoms with Crippen LogP contribution in [0, 0.1) is 0 Å². The van der Waals surface area contributed by atoms with Crippen LogP contribution in [0.3, 0.4) is 0 Å². The van der Waals surface area contributed by atoms with Gasteiger partial charge in [-0.2, -0.15) is 0 Å². The molecule has 2 aromatic carbocycles. The van der Waals surface area contributed by atoms with Crippen molar-refractivity contribution in [2.45, 2.75) is 32.3 Å². The number of carbonyl (C=O) groups is 1. The van der Waals surface area contributed by atoms with Gasteiger partial charge in [0.1, 0.15) is 18.1 Å². The third-order valence-corrected chi connectivity index (χ3v) is 5.27. The van der Waals surface area contributed by atoms with E-state index in [1.54, 1.807) is 18.4 Å². The first-order chi connectivity index (χ1) is 15.2. The Kier molecular flexibility index (Phi) is 8.85. The highest BCUT2D eigenvalue weighted by molar-refractivity contribution is 6.17. The average molecular weight is 442 g/mol. The summed E-state index contributed by atoms with van der Waals surface area (Å²) in [5.74, 6) is 1.36. The molecule has 1 N–H and O–H groups in total. The Morgan fingerprint density at radius 1 is 0.968 bits per heavy atom. The number of ether oxygens (including phenoxy) is 2. The minimum Gasteiger partial charge on any atom is -0.493 e. The first kappa shape index (κ1) is 22.8. The molecule has 0 saturated carbocycles. The van der Waals surface area contributed by atoms with Crippen molar-refractivity contribution in [1.82, 2.24) is 0 Å². The third-order valence-electron chi connectivity index (χ3n) is 5.00. The number of carboxylic acid groups (broad SMARTS) is 1. The van der Waals surface area contributed by atoms with Crippen LogP contribution in [0.4, 0.5) is 5.69 Å². The number of rotatable bonds is 12. The van der Waals surface area contributed by atoms with Crippen molar-refractivity contribution in [2.75, 3.05) is 23.9 Å². The molecule has 3 rings (SSSR count). The van der Waals surface area contributed by atoms with Gasteiger partial charge >= 0.3 is 5.97 Å². The SMILES string of the molecule is O=C(O)C1=CCN(c2ccccc2OCc2ccccc2OCCCCCCCl)C=C1. The van der Waals surface area contributed by atoms with Crippen LogP contribution in [-0.2, 0) is 11.4 Å². The van der Waals surface area contributed by atoms with E-state index < -0.39 is 5.97 Å². The van der Waals surface area contributed by atoms with Gasteiger partial charge in [0.05, 0.1) is 17.9 Å². The molecule has 6 heteroatoms. The van der Waals surface area contributed by atoms with Gasteiger partial charge in [-0.3, -0.25) is 0 Å². The Bertz CT molecular complexity index is 925. The Hall–Kier alpha value is -2.92. The number of nitrogens with zero attached hydrogens (tertiary/aromatic N) is 1. The number of anilines is 1. The second-order valence-electron chi connectivity index (χ2n) is 7.25. The van der Waals surface area contributed by atoms with Gasteiger partial charge in [-0.15, -0.1) is 11.6 Å². The van der Waals surface area contributed by atoms with Crippen molar-refractivity contribution in [3.05, 3.63) is 78.0 Å². The van der Waals surface area contributed by atoms with E-state index >= 15 is 0 Å². The van der Waals surface area contributed by atoms with Gasteiger partial charge in [0.2, 0.25) is 0 Å². The zero-order valence-electron chi connectivity index (χ0n) is 17.5. The zero-order chi connectivity index (χ0) is 21.9. The summed E-state index contributed by atoms with van der Waals surface area (Å²) < 4.78 is 12.1. The predicted molar refractivity (Wildman–Crippen MR) is 124 cm³/mol. The highest BCUT2D eigenvalue weighted by Crippen LogP contribution is 2.31. The fraction of sp³-hybridized carbons (Fsp3) is 0.320. The number of aliphatic carboxylic acids is 1. The largest absolute Gasteiger partial charge is 0.493 e. The molecule has 31 heavy (non-hydrogen) atoms. The minimum absolute atomic E-state index is 0.295. The van der Waals surface area contributed by atoms with Gasteiger partial charge in [0, 0.05) is 24.2 Å². The Labute approximate surface area is 188 Å². The number of unbranched alkanes of at least 4 members (excludes halogenated alkanes) is 3. The van der Waals surface area contributed by atoms with Crippen molar-refractivity contribution >= 4 is 23.3 Å². The van der Waals surface area contributed by atoms with Crippen molar-refractivity contribution in [1.29, 1.82) is 0 Å². The Morgan fingerprint density at radius 3 is 2.45 bits per heavy atom. The monoisotopic (exact) mass is 441 g/mol. The van der Waals surface area contributed by atoms with E-state index in [0.717, 1.165) is 48.4 Å². The molecule has 0 amide bonds. The maximum Gasteiger partial charge on any atom is 0.335 e. The van der Waals surface area contributed by atoms with Crippen LogP contribution >= 0.6 is 11.6 Å². The molecular formula is C25H28ClNO4. The van der Waals surface area contributed by atoms with Crippen LogP contribution in [0.15, 0.2) is 72.5 Å². The molecular weight excluding hydrogens is 414 g/mol. The lowest BCUT2D eigenvalue weighted by atomic mass is 10.1.